The zero-order valence-electron chi connectivity index (χ0n) is 13.8. The summed E-state index contributed by atoms with van der Waals surface area (Å²) in [5.74, 6) is -0.260. The lowest BCUT2D eigenvalue weighted by atomic mass is 10.2. The Bertz CT molecular complexity index is 869. The fourth-order valence-corrected chi connectivity index (χ4v) is 3.73. The van der Waals surface area contributed by atoms with Crippen LogP contribution in [0.15, 0.2) is 23.1 Å². The zero-order chi connectivity index (χ0) is 17.4. The number of nitrogens with one attached hydrogen (secondary N) is 2. The molecule has 0 fully saturated rings. The van der Waals surface area contributed by atoms with Crippen LogP contribution in [0.3, 0.4) is 0 Å². The Labute approximate surface area is 135 Å². The fourth-order valence-electron chi connectivity index (χ4n) is 2.28. The van der Waals surface area contributed by atoms with Gasteiger partial charge in [0.15, 0.2) is 0 Å². The Morgan fingerprint density at radius 1 is 1.22 bits per heavy atom. The highest BCUT2D eigenvalue weighted by atomic mass is 32.2. The summed E-state index contributed by atoms with van der Waals surface area (Å²) in [6, 6.07) is 4.76. The van der Waals surface area contributed by atoms with Crippen molar-refractivity contribution in [2.45, 2.75) is 32.6 Å². The third kappa shape index (κ3) is 3.53. The molecule has 1 aromatic carbocycles. The molecule has 0 aliphatic carbocycles. The highest BCUT2D eigenvalue weighted by molar-refractivity contribution is 7.92. The highest BCUT2D eigenvalue weighted by Crippen LogP contribution is 2.26. The Morgan fingerprint density at radius 2 is 1.87 bits per heavy atom. The number of carbonyl (C=O) groups excluding carboxylic acids is 1. The third-order valence-corrected chi connectivity index (χ3v) is 5.04. The molecule has 8 heteroatoms. The number of aryl methyl sites for hydroxylation is 3. The largest absolute Gasteiger partial charge is 0.326 e. The summed E-state index contributed by atoms with van der Waals surface area (Å²) >= 11 is 0. The normalized spacial score (nSPS) is 11.3. The van der Waals surface area contributed by atoms with Gasteiger partial charge in [0.2, 0.25) is 5.91 Å². The van der Waals surface area contributed by atoms with Crippen molar-refractivity contribution in [3.8, 4) is 0 Å². The smallest absolute Gasteiger partial charge is 0.262 e. The van der Waals surface area contributed by atoms with Crippen molar-refractivity contribution in [1.82, 2.24) is 9.78 Å². The SMILES string of the molecule is CC(=O)Nc1ccc(C)c(S(=O)(=O)Nc2c(C)nn(C)c2C)c1. The molecule has 0 bridgehead atoms. The molecule has 1 aromatic heterocycles. The summed E-state index contributed by atoms with van der Waals surface area (Å²) in [5, 5.41) is 6.79. The maximum absolute atomic E-state index is 12.7. The summed E-state index contributed by atoms with van der Waals surface area (Å²) in [6.07, 6.45) is 0. The van der Waals surface area contributed by atoms with Gasteiger partial charge < -0.3 is 5.32 Å². The number of benzene rings is 1. The van der Waals surface area contributed by atoms with Crippen LogP contribution in [-0.2, 0) is 21.9 Å². The highest BCUT2D eigenvalue weighted by Gasteiger charge is 2.21. The summed E-state index contributed by atoms with van der Waals surface area (Å²) < 4.78 is 29.6. The minimum Gasteiger partial charge on any atom is -0.326 e. The van der Waals surface area contributed by atoms with Crippen LogP contribution in [-0.4, -0.2) is 24.1 Å². The van der Waals surface area contributed by atoms with E-state index in [1.165, 1.54) is 13.0 Å². The van der Waals surface area contributed by atoms with Gasteiger partial charge in [-0.2, -0.15) is 5.10 Å². The molecule has 1 heterocycles. The van der Waals surface area contributed by atoms with Gasteiger partial charge in [-0.15, -0.1) is 0 Å². The van der Waals surface area contributed by atoms with E-state index in [-0.39, 0.29) is 10.8 Å². The van der Waals surface area contributed by atoms with Crippen LogP contribution in [0, 0.1) is 20.8 Å². The second-order valence-corrected chi connectivity index (χ2v) is 7.09. The number of aromatic nitrogens is 2. The first-order valence-electron chi connectivity index (χ1n) is 7.03. The van der Waals surface area contributed by atoms with Crippen molar-refractivity contribution < 1.29 is 13.2 Å². The molecule has 1 amide bonds. The van der Waals surface area contributed by atoms with Gasteiger partial charge in [0.25, 0.3) is 10.0 Å². The molecule has 124 valence electrons. The topological polar surface area (TPSA) is 93.1 Å². The van der Waals surface area contributed by atoms with E-state index < -0.39 is 10.0 Å². The Balaban J connectivity index is 2.45. The van der Waals surface area contributed by atoms with E-state index in [9.17, 15) is 13.2 Å². The lowest BCUT2D eigenvalue weighted by molar-refractivity contribution is -0.114. The lowest BCUT2D eigenvalue weighted by Gasteiger charge is -2.12. The molecule has 0 radical (unpaired) electrons. The number of hydrogen-bond donors (Lipinski definition) is 2. The summed E-state index contributed by atoms with van der Waals surface area (Å²) in [4.78, 5) is 11.3. The van der Waals surface area contributed by atoms with E-state index in [0.29, 0.717) is 22.6 Å². The van der Waals surface area contributed by atoms with Crippen molar-refractivity contribution >= 4 is 27.3 Å². The molecular weight excluding hydrogens is 316 g/mol. The number of anilines is 2. The molecule has 0 unspecified atom stereocenters. The quantitative estimate of drug-likeness (QED) is 0.894. The number of carbonyl (C=O) groups is 1. The van der Waals surface area contributed by atoms with Crippen LogP contribution in [0.1, 0.15) is 23.9 Å². The van der Waals surface area contributed by atoms with Gasteiger partial charge in [0.1, 0.15) is 0 Å². The minimum atomic E-state index is -3.79. The second-order valence-electron chi connectivity index (χ2n) is 5.44. The number of sulfonamides is 1. The molecule has 0 saturated carbocycles. The molecule has 2 aromatic rings. The molecule has 7 nitrogen and oxygen atoms in total. The molecule has 0 atom stereocenters. The minimum absolute atomic E-state index is 0.117. The average Bonchev–Trinajstić information content (AvgIpc) is 2.66. The number of amides is 1. The monoisotopic (exact) mass is 336 g/mol. The van der Waals surface area contributed by atoms with E-state index in [4.69, 9.17) is 0 Å². The van der Waals surface area contributed by atoms with Crippen LogP contribution >= 0.6 is 0 Å². The van der Waals surface area contributed by atoms with Gasteiger partial charge in [-0.25, -0.2) is 8.42 Å². The predicted molar refractivity (Wildman–Crippen MR) is 89.0 cm³/mol. The van der Waals surface area contributed by atoms with E-state index in [1.807, 2.05) is 0 Å². The number of rotatable bonds is 4. The molecule has 2 N–H and O–H groups in total. The summed E-state index contributed by atoms with van der Waals surface area (Å²) in [7, 11) is -2.04. The summed E-state index contributed by atoms with van der Waals surface area (Å²) in [6.45, 7) is 6.60. The van der Waals surface area contributed by atoms with Gasteiger partial charge in [-0.3, -0.25) is 14.2 Å². The Hall–Kier alpha value is -2.35. The average molecular weight is 336 g/mol. The lowest BCUT2D eigenvalue weighted by Crippen LogP contribution is -2.16. The van der Waals surface area contributed by atoms with Gasteiger partial charge in [-0.05, 0) is 38.5 Å². The zero-order valence-corrected chi connectivity index (χ0v) is 14.6. The van der Waals surface area contributed by atoms with Crippen molar-refractivity contribution in [2.24, 2.45) is 7.05 Å². The van der Waals surface area contributed by atoms with Crippen LogP contribution in [0.2, 0.25) is 0 Å². The molecule has 2 rings (SSSR count). The van der Waals surface area contributed by atoms with Crippen LogP contribution < -0.4 is 10.0 Å². The van der Waals surface area contributed by atoms with E-state index >= 15 is 0 Å². The van der Waals surface area contributed by atoms with Crippen molar-refractivity contribution in [1.29, 1.82) is 0 Å². The maximum atomic E-state index is 12.7. The van der Waals surface area contributed by atoms with Gasteiger partial charge in [0, 0.05) is 19.7 Å². The number of nitrogens with zero attached hydrogens (tertiary/aromatic N) is 2. The predicted octanol–water partition coefficient (Wildman–Crippen LogP) is 2.10. The van der Waals surface area contributed by atoms with Gasteiger partial charge in [0.05, 0.1) is 22.0 Å². The molecule has 0 spiro atoms. The Kier molecular flexibility index (Phi) is 4.46. The van der Waals surface area contributed by atoms with Crippen LogP contribution in [0.25, 0.3) is 0 Å². The first-order valence-corrected chi connectivity index (χ1v) is 8.51. The van der Waals surface area contributed by atoms with E-state index in [0.717, 1.165) is 5.69 Å². The molecular formula is C15H20N4O3S. The maximum Gasteiger partial charge on any atom is 0.262 e. The molecule has 23 heavy (non-hydrogen) atoms. The first kappa shape index (κ1) is 17.0. The molecule has 0 saturated heterocycles. The standard InChI is InChI=1S/C15H20N4O3S/c1-9-6-7-13(16-12(4)20)8-14(9)23(21,22)18-15-10(2)17-19(5)11(15)3/h6-8,18H,1-5H3,(H,16,20). The van der Waals surface area contributed by atoms with E-state index in [2.05, 4.69) is 15.1 Å². The second kappa shape index (κ2) is 6.04. The van der Waals surface area contributed by atoms with Crippen molar-refractivity contribution in [3.05, 3.63) is 35.2 Å². The van der Waals surface area contributed by atoms with E-state index in [1.54, 1.807) is 44.6 Å². The van der Waals surface area contributed by atoms with Crippen LogP contribution in [0.4, 0.5) is 11.4 Å². The van der Waals surface area contributed by atoms with Gasteiger partial charge in [-0.1, -0.05) is 6.07 Å². The Morgan fingerprint density at radius 3 is 2.39 bits per heavy atom. The fraction of sp³-hybridized carbons (Fsp3) is 0.333. The number of hydrogen-bond acceptors (Lipinski definition) is 4. The van der Waals surface area contributed by atoms with Gasteiger partial charge >= 0.3 is 0 Å². The van der Waals surface area contributed by atoms with Crippen molar-refractivity contribution in [3.63, 3.8) is 0 Å². The van der Waals surface area contributed by atoms with Crippen molar-refractivity contribution in [2.75, 3.05) is 10.0 Å². The third-order valence-electron chi connectivity index (χ3n) is 3.54. The van der Waals surface area contributed by atoms with Crippen LogP contribution in [0.5, 0.6) is 0 Å². The summed E-state index contributed by atoms with van der Waals surface area (Å²) in [5.41, 5.74) is 2.82. The molecule has 0 aliphatic rings. The molecule has 0 aliphatic heterocycles. The first-order chi connectivity index (χ1) is 10.6.